The van der Waals surface area contributed by atoms with Crippen molar-refractivity contribution in [1.82, 2.24) is 4.98 Å². The zero-order chi connectivity index (χ0) is 19.5. The molecule has 6 nitrogen and oxygen atoms in total. The van der Waals surface area contributed by atoms with Crippen LogP contribution in [0.5, 0.6) is 17.2 Å². The first-order chi connectivity index (χ1) is 13.6. The standard InChI is InChI=1S/C21H14N2O4S/c1-13(24)27-17-5-2-14(3-6-17)8-16(10-22)21-23-18(11-28-21)15-4-7-19-20(9-15)26-12-25-19/h2-9,11H,12H2,1H3/b16-8-. The van der Waals surface area contributed by atoms with Crippen molar-refractivity contribution >= 4 is 29.0 Å². The lowest BCUT2D eigenvalue weighted by atomic mass is 10.1. The predicted molar refractivity (Wildman–Crippen MR) is 105 cm³/mol. The summed E-state index contributed by atoms with van der Waals surface area (Å²) in [6, 6.07) is 14.8. The predicted octanol–water partition coefficient (Wildman–Crippen LogP) is 4.53. The first kappa shape index (κ1) is 17.8. The lowest BCUT2D eigenvalue weighted by Gasteiger charge is -2.01. The third-order valence-electron chi connectivity index (χ3n) is 3.98. The molecule has 0 saturated carbocycles. The Balaban J connectivity index is 1.58. The molecule has 0 unspecified atom stereocenters. The highest BCUT2D eigenvalue weighted by molar-refractivity contribution is 7.11. The molecule has 7 heteroatoms. The number of allylic oxidation sites excluding steroid dienone is 1. The lowest BCUT2D eigenvalue weighted by molar-refractivity contribution is -0.131. The van der Waals surface area contributed by atoms with E-state index in [4.69, 9.17) is 14.2 Å². The summed E-state index contributed by atoms with van der Waals surface area (Å²) in [7, 11) is 0. The van der Waals surface area contributed by atoms with Crippen LogP contribution in [0.25, 0.3) is 22.9 Å². The van der Waals surface area contributed by atoms with Gasteiger partial charge in [-0.05, 0) is 42.0 Å². The topological polar surface area (TPSA) is 81.4 Å². The number of ether oxygens (including phenoxy) is 3. The van der Waals surface area contributed by atoms with Crippen LogP contribution in [0, 0.1) is 11.3 Å². The molecule has 0 spiro atoms. The Labute approximate surface area is 165 Å². The summed E-state index contributed by atoms with van der Waals surface area (Å²) in [5.74, 6) is 1.49. The monoisotopic (exact) mass is 390 g/mol. The van der Waals surface area contributed by atoms with E-state index in [0.29, 0.717) is 27.8 Å². The van der Waals surface area contributed by atoms with E-state index in [2.05, 4.69) is 11.1 Å². The highest BCUT2D eigenvalue weighted by atomic mass is 32.1. The summed E-state index contributed by atoms with van der Waals surface area (Å²) >= 11 is 1.40. The molecule has 2 heterocycles. The van der Waals surface area contributed by atoms with Crippen molar-refractivity contribution in [3.8, 4) is 34.6 Å². The number of benzene rings is 2. The average Bonchev–Trinajstić information content (AvgIpc) is 3.36. The minimum atomic E-state index is -0.375. The van der Waals surface area contributed by atoms with Crippen molar-refractivity contribution in [3.05, 3.63) is 58.4 Å². The zero-order valence-electron chi connectivity index (χ0n) is 14.8. The van der Waals surface area contributed by atoms with E-state index < -0.39 is 0 Å². The van der Waals surface area contributed by atoms with Crippen molar-refractivity contribution < 1.29 is 19.0 Å². The maximum atomic E-state index is 11.0. The Bertz CT molecular complexity index is 1110. The van der Waals surface area contributed by atoms with Gasteiger partial charge in [-0.2, -0.15) is 5.26 Å². The van der Waals surface area contributed by atoms with Gasteiger partial charge in [0.2, 0.25) is 6.79 Å². The molecule has 0 fully saturated rings. The van der Waals surface area contributed by atoms with Crippen molar-refractivity contribution in [3.63, 3.8) is 0 Å². The number of fused-ring (bicyclic) bond motifs is 1. The van der Waals surface area contributed by atoms with Crippen LogP contribution in [-0.2, 0) is 4.79 Å². The van der Waals surface area contributed by atoms with Crippen LogP contribution in [0.15, 0.2) is 47.8 Å². The molecule has 0 aliphatic carbocycles. The number of nitrogens with zero attached hydrogens (tertiary/aromatic N) is 2. The molecular weight excluding hydrogens is 376 g/mol. The first-order valence-corrected chi connectivity index (χ1v) is 9.26. The van der Waals surface area contributed by atoms with E-state index in [-0.39, 0.29) is 12.8 Å². The summed E-state index contributed by atoms with van der Waals surface area (Å²) in [5, 5.41) is 12.1. The molecule has 0 N–H and O–H groups in total. The Kier molecular flexibility index (Phi) is 4.79. The van der Waals surface area contributed by atoms with Gasteiger partial charge < -0.3 is 14.2 Å². The molecule has 4 rings (SSSR count). The highest BCUT2D eigenvalue weighted by Gasteiger charge is 2.16. The van der Waals surface area contributed by atoms with Crippen LogP contribution in [0.1, 0.15) is 17.5 Å². The number of hydrogen-bond acceptors (Lipinski definition) is 7. The summed E-state index contributed by atoms with van der Waals surface area (Å²) in [4.78, 5) is 15.6. The van der Waals surface area contributed by atoms with E-state index in [0.717, 1.165) is 16.8 Å². The third-order valence-corrected chi connectivity index (χ3v) is 4.85. The molecular formula is C21H14N2O4S. The minimum absolute atomic E-state index is 0.221. The van der Waals surface area contributed by atoms with E-state index in [1.165, 1.54) is 18.3 Å². The largest absolute Gasteiger partial charge is 0.454 e. The fourth-order valence-electron chi connectivity index (χ4n) is 2.69. The van der Waals surface area contributed by atoms with Crippen LogP contribution < -0.4 is 14.2 Å². The second-order valence-electron chi connectivity index (χ2n) is 5.94. The van der Waals surface area contributed by atoms with Gasteiger partial charge >= 0.3 is 5.97 Å². The third kappa shape index (κ3) is 3.72. The highest BCUT2D eigenvalue weighted by Crippen LogP contribution is 2.36. The number of esters is 1. The van der Waals surface area contributed by atoms with Gasteiger partial charge in [-0.3, -0.25) is 4.79 Å². The van der Waals surface area contributed by atoms with Gasteiger partial charge in [-0.1, -0.05) is 12.1 Å². The van der Waals surface area contributed by atoms with Crippen LogP contribution in [0.4, 0.5) is 0 Å². The molecule has 138 valence electrons. The molecule has 3 aromatic rings. The second-order valence-corrected chi connectivity index (χ2v) is 6.80. The first-order valence-electron chi connectivity index (χ1n) is 8.38. The number of rotatable bonds is 4. The zero-order valence-corrected chi connectivity index (χ0v) is 15.7. The van der Waals surface area contributed by atoms with Gasteiger partial charge in [-0.15, -0.1) is 11.3 Å². The molecule has 0 bridgehead atoms. The van der Waals surface area contributed by atoms with Crippen molar-refractivity contribution in [2.75, 3.05) is 6.79 Å². The van der Waals surface area contributed by atoms with Crippen molar-refractivity contribution in [2.45, 2.75) is 6.92 Å². The molecule has 0 atom stereocenters. The Morgan fingerprint density at radius 2 is 2.00 bits per heavy atom. The van der Waals surface area contributed by atoms with E-state index in [1.807, 2.05) is 23.6 Å². The maximum absolute atomic E-state index is 11.0. The Hall–Kier alpha value is -3.63. The molecule has 28 heavy (non-hydrogen) atoms. The van der Waals surface area contributed by atoms with Crippen LogP contribution in [0.2, 0.25) is 0 Å². The van der Waals surface area contributed by atoms with Gasteiger partial charge in [-0.25, -0.2) is 4.98 Å². The Morgan fingerprint density at radius 3 is 2.75 bits per heavy atom. The van der Waals surface area contributed by atoms with Crippen LogP contribution in [-0.4, -0.2) is 17.7 Å². The van der Waals surface area contributed by atoms with Gasteiger partial charge in [0, 0.05) is 17.9 Å². The molecule has 1 aliphatic heterocycles. The normalized spacial score (nSPS) is 12.5. The van der Waals surface area contributed by atoms with E-state index >= 15 is 0 Å². The van der Waals surface area contributed by atoms with Gasteiger partial charge in [0.05, 0.1) is 11.3 Å². The summed E-state index contributed by atoms with van der Waals surface area (Å²) in [6.07, 6.45) is 1.75. The summed E-state index contributed by atoms with van der Waals surface area (Å²) < 4.78 is 15.7. The fraction of sp³-hybridized carbons (Fsp3) is 0.0952. The number of aromatic nitrogens is 1. The van der Waals surface area contributed by atoms with Gasteiger partial charge in [0.25, 0.3) is 0 Å². The number of carbonyl (C=O) groups is 1. The molecule has 1 aliphatic rings. The SMILES string of the molecule is CC(=O)Oc1ccc(/C=C(/C#N)c2nc(-c3ccc4c(c3)OCO4)cs2)cc1. The smallest absolute Gasteiger partial charge is 0.308 e. The van der Waals surface area contributed by atoms with Crippen LogP contribution >= 0.6 is 11.3 Å². The number of thiazole rings is 1. The van der Waals surface area contributed by atoms with Crippen LogP contribution in [0.3, 0.4) is 0 Å². The van der Waals surface area contributed by atoms with E-state index in [1.54, 1.807) is 30.3 Å². The molecule has 0 saturated heterocycles. The lowest BCUT2D eigenvalue weighted by Crippen LogP contribution is -2.00. The maximum Gasteiger partial charge on any atom is 0.308 e. The summed E-state index contributed by atoms with van der Waals surface area (Å²) in [6.45, 7) is 1.57. The fourth-order valence-corrected chi connectivity index (χ4v) is 3.49. The minimum Gasteiger partial charge on any atom is -0.454 e. The van der Waals surface area contributed by atoms with Gasteiger partial charge in [0.15, 0.2) is 11.5 Å². The molecule has 0 amide bonds. The molecule has 1 aromatic heterocycles. The molecule has 0 radical (unpaired) electrons. The average molecular weight is 390 g/mol. The van der Waals surface area contributed by atoms with E-state index in [9.17, 15) is 10.1 Å². The van der Waals surface area contributed by atoms with Crippen molar-refractivity contribution in [1.29, 1.82) is 5.26 Å². The van der Waals surface area contributed by atoms with Crippen molar-refractivity contribution in [2.24, 2.45) is 0 Å². The second kappa shape index (κ2) is 7.55. The quantitative estimate of drug-likeness (QED) is 0.370. The molecule has 2 aromatic carbocycles. The number of hydrogen-bond donors (Lipinski definition) is 0. The number of carbonyl (C=O) groups excluding carboxylic acids is 1. The van der Waals surface area contributed by atoms with Gasteiger partial charge in [0.1, 0.15) is 16.8 Å². The Morgan fingerprint density at radius 1 is 1.21 bits per heavy atom. The number of nitriles is 1. The summed E-state index contributed by atoms with van der Waals surface area (Å²) in [5.41, 5.74) is 2.93.